The van der Waals surface area contributed by atoms with Crippen molar-refractivity contribution in [2.75, 3.05) is 39.6 Å². The number of carbonyl (C=O) groups excluding carboxylic acids is 4. The summed E-state index contributed by atoms with van der Waals surface area (Å²) in [6, 6.07) is 0. The summed E-state index contributed by atoms with van der Waals surface area (Å²) in [6.45, 7) is 14.1. The van der Waals surface area contributed by atoms with Crippen LogP contribution in [0.2, 0.25) is 0 Å². The number of hydrogen-bond acceptors (Lipinski definition) is 15. The molecule has 3 N–H and O–H groups in total. The predicted molar refractivity (Wildman–Crippen MR) is 372 cm³/mol. The molecule has 0 rings (SSSR count). The fourth-order valence-corrected chi connectivity index (χ4v) is 12.5. The summed E-state index contributed by atoms with van der Waals surface area (Å²) in [4.78, 5) is 72.5. The number of aliphatic hydroxyl groups excluding tert-OH is 1. The fourth-order valence-electron chi connectivity index (χ4n) is 10.9. The number of esters is 4. The van der Waals surface area contributed by atoms with E-state index in [9.17, 15) is 43.2 Å². The summed E-state index contributed by atoms with van der Waals surface area (Å²) in [7, 11) is -9.90. The van der Waals surface area contributed by atoms with Crippen molar-refractivity contribution in [1.29, 1.82) is 0 Å². The molecule has 19 heteroatoms. The SMILES string of the molecule is CCC(C)CCCCCCCCCCCCCCCCCCCCC(=O)OC[C@H](COP(=O)(O)OC[C@@H](O)COP(=O)(O)OC[C@@H](COC(=O)CCCCCCCCC(C)CC)OC(=O)CCCCCCCCC(C)CC)OC(=O)CCCCCCCCC(C)CC. The van der Waals surface area contributed by atoms with Crippen LogP contribution in [0.4, 0.5) is 0 Å². The lowest BCUT2D eigenvalue weighted by atomic mass is 9.99. The Balaban J connectivity index is 5.12. The number of hydrogen-bond donors (Lipinski definition) is 3. The van der Waals surface area contributed by atoms with Gasteiger partial charge in [-0.2, -0.15) is 0 Å². The van der Waals surface area contributed by atoms with Gasteiger partial charge in [0.2, 0.25) is 0 Å². The zero-order valence-corrected chi connectivity index (χ0v) is 62.0. The van der Waals surface area contributed by atoms with Crippen molar-refractivity contribution in [3.8, 4) is 0 Å². The number of aliphatic hydroxyl groups is 1. The zero-order chi connectivity index (χ0) is 68.2. The van der Waals surface area contributed by atoms with Crippen LogP contribution >= 0.6 is 15.6 Å². The quantitative estimate of drug-likeness (QED) is 0.0222. The van der Waals surface area contributed by atoms with Gasteiger partial charge in [0.15, 0.2) is 12.2 Å². The van der Waals surface area contributed by atoms with Crippen LogP contribution in [0, 0.1) is 23.7 Å². The van der Waals surface area contributed by atoms with Gasteiger partial charge < -0.3 is 33.8 Å². The smallest absolute Gasteiger partial charge is 0.462 e. The first kappa shape index (κ1) is 90.1. The molecule has 0 aromatic heterocycles. The maximum absolute atomic E-state index is 13.0. The Morgan fingerprint density at radius 2 is 0.489 bits per heavy atom. The summed E-state index contributed by atoms with van der Waals surface area (Å²) < 4.78 is 68.3. The molecule has 0 spiro atoms. The minimum atomic E-state index is -4.95. The van der Waals surface area contributed by atoms with Gasteiger partial charge in [-0.15, -0.1) is 0 Å². The third-order valence-corrected chi connectivity index (χ3v) is 20.2. The second-order valence-electron chi connectivity index (χ2n) is 27.3. The highest BCUT2D eigenvalue weighted by molar-refractivity contribution is 7.47. The topological polar surface area (TPSA) is 237 Å². The average molecular weight is 1350 g/mol. The average Bonchev–Trinajstić information content (AvgIpc) is 3.17. The first-order valence-electron chi connectivity index (χ1n) is 37.9. The van der Waals surface area contributed by atoms with E-state index < -0.39 is 97.5 Å². The summed E-state index contributed by atoms with van der Waals surface area (Å²) in [5.74, 6) is 0.911. The standard InChI is InChI=1S/C73H142O17P2/c1-9-63(5)49-41-33-25-23-21-19-17-15-13-14-16-18-20-22-24-26-37-45-53-70(75)83-59-68(89-72(77)55-47-39-31-28-35-43-51-65(7)11-3)61-87-91(79,80)85-57-67(74)58-86-92(81,82)88-62-69(90-73(78)56-48-40-32-29-36-44-52-66(8)12-4)60-84-71(76)54-46-38-30-27-34-42-50-64(6)10-2/h63-69,74H,9-62H2,1-8H3,(H,79,80)(H,81,82)/t63?,64?,65?,66?,67-,68-,69-/m1/s1. The highest BCUT2D eigenvalue weighted by atomic mass is 31.2. The second kappa shape index (κ2) is 62.6. The van der Waals surface area contributed by atoms with E-state index in [1.807, 2.05) is 0 Å². The van der Waals surface area contributed by atoms with Crippen LogP contribution in [-0.2, 0) is 65.4 Å². The monoisotopic (exact) mass is 1350 g/mol. The van der Waals surface area contributed by atoms with Crippen LogP contribution in [0.1, 0.15) is 364 Å². The van der Waals surface area contributed by atoms with Crippen molar-refractivity contribution in [3.05, 3.63) is 0 Å². The van der Waals surface area contributed by atoms with Crippen molar-refractivity contribution >= 4 is 39.5 Å². The summed E-state index contributed by atoms with van der Waals surface area (Å²) in [5.41, 5.74) is 0. The zero-order valence-electron chi connectivity index (χ0n) is 60.2. The van der Waals surface area contributed by atoms with Crippen molar-refractivity contribution in [1.82, 2.24) is 0 Å². The Labute approximate surface area is 562 Å². The van der Waals surface area contributed by atoms with Gasteiger partial charge in [0.25, 0.3) is 0 Å². The lowest BCUT2D eigenvalue weighted by molar-refractivity contribution is -0.161. The Bertz CT molecular complexity index is 1820. The van der Waals surface area contributed by atoms with E-state index in [4.69, 9.17) is 37.0 Å². The summed E-state index contributed by atoms with van der Waals surface area (Å²) in [6.07, 6.45) is 46.1. The molecule has 0 heterocycles. The molecule has 546 valence electrons. The minimum Gasteiger partial charge on any atom is -0.462 e. The minimum absolute atomic E-state index is 0.102. The van der Waals surface area contributed by atoms with Gasteiger partial charge in [-0.1, -0.05) is 312 Å². The molecule has 0 aliphatic rings. The number of ether oxygens (including phenoxy) is 4. The Morgan fingerprint density at radius 3 is 0.717 bits per heavy atom. The second-order valence-corrected chi connectivity index (χ2v) is 30.2. The van der Waals surface area contributed by atoms with Crippen molar-refractivity contribution in [3.63, 3.8) is 0 Å². The van der Waals surface area contributed by atoms with Crippen molar-refractivity contribution in [2.24, 2.45) is 23.7 Å². The first-order valence-corrected chi connectivity index (χ1v) is 40.8. The van der Waals surface area contributed by atoms with Crippen molar-refractivity contribution < 1.29 is 80.2 Å². The maximum atomic E-state index is 13.0. The molecule has 6 unspecified atom stereocenters. The van der Waals surface area contributed by atoms with Crippen LogP contribution in [0.25, 0.3) is 0 Å². The van der Waals surface area contributed by atoms with E-state index in [2.05, 4.69) is 55.4 Å². The molecule has 9 atom stereocenters. The third kappa shape index (κ3) is 61.6. The van der Waals surface area contributed by atoms with Crippen LogP contribution in [0.15, 0.2) is 0 Å². The molecular formula is C73H142O17P2. The molecule has 0 aliphatic heterocycles. The van der Waals surface area contributed by atoms with Crippen LogP contribution < -0.4 is 0 Å². The highest BCUT2D eigenvalue weighted by Gasteiger charge is 2.30. The van der Waals surface area contributed by atoms with E-state index in [1.54, 1.807) is 0 Å². The molecular weight excluding hydrogens is 1210 g/mol. The predicted octanol–water partition coefficient (Wildman–Crippen LogP) is 20.9. The van der Waals surface area contributed by atoms with Crippen LogP contribution in [0.3, 0.4) is 0 Å². The Hall–Kier alpha value is -1.94. The number of rotatable bonds is 70. The normalized spacial score (nSPS) is 15.4. The van der Waals surface area contributed by atoms with Crippen molar-refractivity contribution in [2.45, 2.75) is 382 Å². The lowest BCUT2D eigenvalue weighted by Crippen LogP contribution is -2.30. The molecule has 0 fully saturated rings. The van der Waals surface area contributed by atoms with Gasteiger partial charge >= 0.3 is 39.5 Å². The molecule has 0 radical (unpaired) electrons. The van der Waals surface area contributed by atoms with Gasteiger partial charge in [-0.3, -0.25) is 37.3 Å². The molecule has 92 heavy (non-hydrogen) atoms. The van der Waals surface area contributed by atoms with Crippen LogP contribution in [-0.4, -0.2) is 96.7 Å². The third-order valence-electron chi connectivity index (χ3n) is 18.3. The van der Waals surface area contributed by atoms with E-state index in [-0.39, 0.29) is 25.7 Å². The van der Waals surface area contributed by atoms with Crippen LogP contribution in [0.5, 0.6) is 0 Å². The van der Waals surface area contributed by atoms with Gasteiger partial charge in [-0.05, 0) is 49.4 Å². The van der Waals surface area contributed by atoms with E-state index in [0.717, 1.165) is 120 Å². The molecule has 0 amide bonds. The first-order chi connectivity index (χ1) is 44.2. The van der Waals surface area contributed by atoms with Gasteiger partial charge in [0.1, 0.15) is 19.3 Å². The molecule has 0 saturated heterocycles. The van der Waals surface area contributed by atoms with E-state index >= 15 is 0 Å². The Kier molecular flexibility index (Phi) is 61.3. The number of unbranched alkanes of at least 4 members (excludes halogenated alkanes) is 32. The summed E-state index contributed by atoms with van der Waals surface area (Å²) in [5, 5.41) is 10.6. The number of phosphoric ester groups is 2. The van der Waals surface area contributed by atoms with Gasteiger partial charge in [0, 0.05) is 25.7 Å². The largest absolute Gasteiger partial charge is 0.472 e. The van der Waals surface area contributed by atoms with Gasteiger partial charge in [-0.25, -0.2) is 9.13 Å². The van der Waals surface area contributed by atoms with E-state index in [0.29, 0.717) is 25.7 Å². The maximum Gasteiger partial charge on any atom is 0.472 e. The molecule has 17 nitrogen and oxygen atoms in total. The summed E-state index contributed by atoms with van der Waals surface area (Å²) >= 11 is 0. The Morgan fingerprint density at radius 1 is 0.293 bits per heavy atom. The molecule has 0 saturated carbocycles. The molecule has 0 aromatic rings. The number of carbonyl (C=O) groups is 4. The molecule has 0 aliphatic carbocycles. The van der Waals surface area contributed by atoms with E-state index in [1.165, 1.54) is 161 Å². The molecule has 0 bridgehead atoms. The molecule has 0 aromatic carbocycles. The highest BCUT2D eigenvalue weighted by Crippen LogP contribution is 2.45. The lowest BCUT2D eigenvalue weighted by Gasteiger charge is -2.21. The number of phosphoric acid groups is 2. The fraction of sp³-hybridized carbons (Fsp3) is 0.945. The van der Waals surface area contributed by atoms with Gasteiger partial charge in [0.05, 0.1) is 26.4 Å².